The summed E-state index contributed by atoms with van der Waals surface area (Å²) >= 11 is 7.43. The second-order valence-corrected chi connectivity index (χ2v) is 5.77. The highest BCUT2D eigenvalue weighted by Gasteiger charge is 2.10. The van der Waals surface area contributed by atoms with Crippen LogP contribution in [0.2, 0.25) is 4.34 Å². The van der Waals surface area contributed by atoms with Crippen molar-refractivity contribution < 1.29 is 9.47 Å². The second-order valence-electron chi connectivity index (χ2n) is 3.97. The SMILES string of the molecule is CNCc1cccc(OC)c1OCc1ccc(Cl)s1. The molecular weight excluding hydrogens is 282 g/mol. The maximum Gasteiger partial charge on any atom is 0.166 e. The fourth-order valence-electron chi connectivity index (χ4n) is 1.79. The zero-order valence-corrected chi connectivity index (χ0v) is 12.5. The summed E-state index contributed by atoms with van der Waals surface area (Å²) in [7, 11) is 3.55. The lowest BCUT2D eigenvalue weighted by molar-refractivity contribution is 0.283. The molecule has 3 nitrogen and oxygen atoms in total. The Bertz CT molecular complexity index is 542. The van der Waals surface area contributed by atoms with Crippen molar-refractivity contribution in [2.75, 3.05) is 14.2 Å². The Balaban J connectivity index is 2.17. The van der Waals surface area contributed by atoms with Gasteiger partial charge in [0.05, 0.1) is 11.4 Å². The minimum atomic E-state index is 0.495. The van der Waals surface area contributed by atoms with Gasteiger partial charge in [-0.2, -0.15) is 0 Å². The minimum Gasteiger partial charge on any atom is -0.493 e. The van der Waals surface area contributed by atoms with E-state index in [1.807, 2.05) is 37.4 Å². The van der Waals surface area contributed by atoms with Gasteiger partial charge in [0.25, 0.3) is 0 Å². The van der Waals surface area contributed by atoms with Crippen molar-refractivity contribution in [1.82, 2.24) is 5.32 Å². The maximum atomic E-state index is 5.91. The first-order valence-electron chi connectivity index (χ1n) is 5.92. The Morgan fingerprint density at radius 1 is 1.26 bits per heavy atom. The van der Waals surface area contributed by atoms with Gasteiger partial charge in [0, 0.05) is 17.0 Å². The van der Waals surface area contributed by atoms with Gasteiger partial charge in [-0.3, -0.25) is 0 Å². The molecule has 2 aromatic rings. The number of benzene rings is 1. The van der Waals surface area contributed by atoms with Crippen LogP contribution in [0.3, 0.4) is 0 Å². The molecule has 19 heavy (non-hydrogen) atoms. The third kappa shape index (κ3) is 3.62. The summed E-state index contributed by atoms with van der Waals surface area (Å²) in [5.41, 5.74) is 1.07. The van der Waals surface area contributed by atoms with Gasteiger partial charge in [0.15, 0.2) is 11.5 Å². The van der Waals surface area contributed by atoms with Crippen molar-refractivity contribution in [3.63, 3.8) is 0 Å². The van der Waals surface area contributed by atoms with Crippen molar-refractivity contribution in [3.05, 3.63) is 45.1 Å². The zero-order valence-electron chi connectivity index (χ0n) is 10.9. The smallest absolute Gasteiger partial charge is 0.166 e. The number of halogens is 1. The molecule has 102 valence electrons. The standard InChI is InChI=1S/C14H16ClNO2S/c1-16-8-10-4-3-5-12(17-2)14(10)18-9-11-6-7-13(15)19-11/h3-7,16H,8-9H2,1-2H3. The van der Waals surface area contributed by atoms with Crippen LogP contribution in [0.4, 0.5) is 0 Å². The summed E-state index contributed by atoms with van der Waals surface area (Å²) < 4.78 is 12.0. The number of thiophene rings is 1. The first-order chi connectivity index (χ1) is 9.24. The molecule has 0 saturated carbocycles. The summed E-state index contributed by atoms with van der Waals surface area (Å²) in [6.07, 6.45) is 0. The molecule has 0 bridgehead atoms. The number of hydrogen-bond acceptors (Lipinski definition) is 4. The molecule has 0 unspecified atom stereocenters. The van der Waals surface area contributed by atoms with Crippen LogP contribution in [0, 0.1) is 0 Å². The summed E-state index contributed by atoms with van der Waals surface area (Å²) in [6.45, 7) is 1.23. The lowest BCUT2D eigenvalue weighted by Crippen LogP contribution is -2.08. The molecule has 5 heteroatoms. The third-order valence-corrected chi connectivity index (χ3v) is 3.84. The van der Waals surface area contributed by atoms with E-state index in [2.05, 4.69) is 5.32 Å². The summed E-state index contributed by atoms with van der Waals surface area (Å²) in [5.74, 6) is 1.53. The highest BCUT2D eigenvalue weighted by atomic mass is 35.5. The van der Waals surface area contributed by atoms with Gasteiger partial charge < -0.3 is 14.8 Å². The van der Waals surface area contributed by atoms with Crippen molar-refractivity contribution in [2.45, 2.75) is 13.2 Å². The van der Waals surface area contributed by atoms with E-state index in [0.717, 1.165) is 32.8 Å². The Kier molecular flexibility index (Phi) is 5.07. The first-order valence-corrected chi connectivity index (χ1v) is 7.11. The molecule has 0 spiro atoms. The summed E-state index contributed by atoms with van der Waals surface area (Å²) in [5, 5.41) is 3.12. The van der Waals surface area contributed by atoms with Crippen molar-refractivity contribution >= 4 is 22.9 Å². The Labute approximate surface area is 122 Å². The fourth-order valence-corrected chi connectivity index (χ4v) is 2.79. The largest absolute Gasteiger partial charge is 0.493 e. The molecule has 0 atom stereocenters. The van der Waals surface area contributed by atoms with Crippen LogP contribution in [-0.2, 0) is 13.2 Å². The summed E-state index contributed by atoms with van der Waals surface area (Å²) in [4.78, 5) is 1.09. The normalized spacial score (nSPS) is 10.5. The highest BCUT2D eigenvalue weighted by Crippen LogP contribution is 2.32. The molecule has 2 rings (SSSR count). The molecular formula is C14H16ClNO2S. The molecule has 1 N–H and O–H groups in total. The van der Waals surface area contributed by atoms with Crippen LogP contribution in [0.1, 0.15) is 10.4 Å². The number of ether oxygens (including phenoxy) is 2. The third-order valence-electron chi connectivity index (χ3n) is 2.64. The van der Waals surface area contributed by atoms with E-state index in [-0.39, 0.29) is 0 Å². The lowest BCUT2D eigenvalue weighted by atomic mass is 10.2. The van der Waals surface area contributed by atoms with Crippen molar-refractivity contribution in [1.29, 1.82) is 0 Å². The van der Waals surface area contributed by atoms with E-state index in [1.165, 1.54) is 11.3 Å². The van der Waals surface area contributed by atoms with Gasteiger partial charge in [-0.25, -0.2) is 0 Å². The molecule has 0 radical (unpaired) electrons. The highest BCUT2D eigenvalue weighted by molar-refractivity contribution is 7.16. The topological polar surface area (TPSA) is 30.5 Å². The molecule has 0 aliphatic rings. The van der Waals surface area contributed by atoms with Crippen LogP contribution in [0.25, 0.3) is 0 Å². The van der Waals surface area contributed by atoms with Gasteiger partial charge in [0.1, 0.15) is 6.61 Å². The molecule has 0 aliphatic carbocycles. The molecule has 1 aromatic carbocycles. The van der Waals surface area contributed by atoms with E-state index in [9.17, 15) is 0 Å². The van der Waals surface area contributed by atoms with Crippen molar-refractivity contribution in [3.8, 4) is 11.5 Å². The molecule has 0 saturated heterocycles. The molecule has 1 heterocycles. The molecule has 0 aliphatic heterocycles. The Hall–Kier alpha value is -1.23. The van der Waals surface area contributed by atoms with Gasteiger partial charge in [-0.15, -0.1) is 11.3 Å². The van der Waals surface area contributed by atoms with E-state index in [1.54, 1.807) is 7.11 Å². The van der Waals surface area contributed by atoms with Crippen LogP contribution >= 0.6 is 22.9 Å². The van der Waals surface area contributed by atoms with Gasteiger partial charge >= 0.3 is 0 Å². The quantitative estimate of drug-likeness (QED) is 0.882. The van der Waals surface area contributed by atoms with Crippen molar-refractivity contribution in [2.24, 2.45) is 0 Å². The predicted molar refractivity (Wildman–Crippen MR) is 79.4 cm³/mol. The zero-order chi connectivity index (χ0) is 13.7. The minimum absolute atomic E-state index is 0.495. The predicted octanol–water partition coefficient (Wildman–Crippen LogP) is 3.71. The van der Waals surface area contributed by atoms with Crippen LogP contribution in [0.15, 0.2) is 30.3 Å². The molecule has 0 amide bonds. The number of nitrogens with one attached hydrogen (secondary N) is 1. The Morgan fingerprint density at radius 3 is 2.74 bits per heavy atom. The van der Waals surface area contributed by atoms with Crippen LogP contribution < -0.4 is 14.8 Å². The number of methoxy groups -OCH3 is 1. The lowest BCUT2D eigenvalue weighted by Gasteiger charge is -2.14. The average Bonchev–Trinajstić information content (AvgIpc) is 2.83. The molecule has 1 aromatic heterocycles. The number of para-hydroxylation sites is 1. The van der Waals surface area contributed by atoms with E-state index in [4.69, 9.17) is 21.1 Å². The van der Waals surface area contributed by atoms with E-state index < -0.39 is 0 Å². The van der Waals surface area contributed by atoms with Crippen LogP contribution in [0.5, 0.6) is 11.5 Å². The second kappa shape index (κ2) is 6.80. The van der Waals surface area contributed by atoms with Gasteiger partial charge in [-0.05, 0) is 25.2 Å². The Morgan fingerprint density at radius 2 is 2.11 bits per heavy atom. The monoisotopic (exact) mass is 297 g/mol. The number of hydrogen-bond donors (Lipinski definition) is 1. The maximum absolute atomic E-state index is 5.91. The van der Waals surface area contributed by atoms with Crippen LogP contribution in [-0.4, -0.2) is 14.2 Å². The summed E-state index contributed by atoms with van der Waals surface area (Å²) in [6, 6.07) is 9.73. The fraction of sp³-hybridized carbons (Fsp3) is 0.286. The van der Waals surface area contributed by atoms with Gasteiger partial charge in [0.2, 0.25) is 0 Å². The average molecular weight is 298 g/mol. The first kappa shape index (κ1) is 14.2. The molecule has 0 fully saturated rings. The van der Waals surface area contributed by atoms with E-state index in [0.29, 0.717) is 6.61 Å². The van der Waals surface area contributed by atoms with E-state index >= 15 is 0 Å². The van der Waals surface area contributed by atoms with Gasteiger partial charge in [-0.1, -0.05) is 23.7 Å². The number of rotatable bonds is 6.